The summed E-state index contributed by atoms with van der Waals surface area (Å²) in [5.41, 5.74) is 2.38. The van der Waals surface area contributed by atoms with Gasteiger partial charge in [-0.25, -0.2) is 4.98 Å². The van der Waals surface area contributed by atoms with Gasteiger partial charge in [0.2, 0.25) is 0 Å². The molecule has 2 rings (SSSR count). The molecule has 17 heavy (non-hydrogen) atoms. The summed E-state index contributed by atoms with van der Waals surface area (Å²) in [7, 11) is 0. The number of nitrogens with zero attached hydrogens (tertiary/aromatic N) is 2. The molecule has 1 N–H and O–H groups in total. The lowest BCUT2D eigenvalue weighted by Gasteiger charge is -2.11. The van der Waals surface area contributed by atoms with Gasteiger partial charge in [-0.2, -0.15) is 0 Å². The average Bonchev–Trinajstić information content (AvgIpc) is 2.71. The lowest BCUT2D eigenvalue weighted by atomic mass is 10.2. The number of imidazole rings is 1. The zero-order valence-corrected chi connectivity index (χ0v) is 11.5. The van der Waals surface area contributed by atoms with Gasteiger partial charge in [0.25, 0.3) is 0 Å². The summed E-state index contributed by atoms with van der Waals surface area (Å²) in [5.74, 6) is 0. The second kappa shape index (κ2) is 5.02. The van der Waals surface area contributed by atoms with Crippen LogP contribution in [0.4, 0.5) is 0 Å². The highest BCUT2D eigenvalue weighted by Gasteiger charge is 2.11. The molecule has 0 radical (unpaired) electrons. The van der Waals surface area contributed by atoms with Gasteiger partial charge in [0.15, 0.2) is 4.96 Å². The molecule has 92 valence electrons. The Morgan fingerprint density at radius 2 is 2.35 bits per heavy atom. The molecule has 4 heteroatoms. The fourth-order valence-corrected chi connectivity index (χ4v) is 2.82. The highest BCUT2D eigenvalue weighted by molar-refractivity contribution is 7.17. The molecule has 2 heterocycles. The van der Waals surface area contributed by atoms with Crippen LogP contribution in [0.3, 0.4) is 0 Å². The van der Waals surface area contributed by atoms with Crippen molar-refractivity contribution in [2.45, 2.75) is 39.8 Å². The maximum absolute atomic E-state index is 4.58. The van der Waals surface area contributed by atoms with Gasteiger partial charge in [0.1, 0.15) is 0 Å². The fraction of sp³-hybridized carbons (Fsp3) is 0.462. The number of hydrogen-bond donors (Lipinski definition) is 1. The Labute approximate surface area is 106 Å². The normalized spacial score (nSPS) is 13.1. The third kappa shape index (κ3) is 2.58. The maximum Gasteiger partial charge on any atom is 0.194 e. The van der Waals surface area contributed by atoms with E-state index in [1.807, 2.05) is 6.08 Å². The molecule has 1 unspecified atom stereocenters. The highest BCUT2D eigenvalue weighted by Crippen LogP contribution is 2.20. The first-order valence-corrected chi connectivity index (χ1v) is 6.71. The van der Waals surface area contributed by atoms with Crippen molar-refractivity contribution >= 4 is 16.3 Å². The zero-order valence-electron chi connectivity index (χ0n) is 10.7. The van der Waals surface area contributed by atoms with Gasteiger partial charge in [-0.15, -0.1) is 17.9 Å². The molecular weight excluding hydrogens is 230 g/mol. The fourth-order valence-electron chi connectivity index (χ4n) is 1.93. The molecule has 1 atom stereocenters. The summed E-state index contributed by atoms with van der Waals surface area (Å²) < 4.78 is 2.20. The smallest absolute Gasteiger partial charge is 0.194 e. The minimum Gasteiger partial charge on any atom is -0.308 e. The van der Waals surface area contributed by atoms with E-state index in [1.54, 1.807) is 11.3 Å². The summed E-state index contributed by atoms with van der Waals surface area (Å²) in [6, 6.07) is 0.456. The Bertz CT molecular complexity index is 524. The molecule has 3 nitrogen and oxygen atoms in total. The van der Waals surface area contributed by atoms with E-state index in [0.29, 0.717) is 6.04 Å². The van der Waals surface area contributed by atoms with Crippen LogP contribution < -0.4 is 5.32 Å². The van der Waals surface area contributed by atoms with E-state index in [9.17, 15) is 0 Å². The van der Waals surface area contributed by atoms with Crippen LogP contribution in [0, 0.1) is 13.8 Å². The molecule has 2 aromatic heterocycles. The molecule has 0 saturated heterocycles. The number of hydrogen-bond acceptors (Lipinski definition) is 3. The number of aromatic nitrogens is 2. The molecular formula is C13H19N3S. The van der Waals surface area contributed by atoms with Crippen LogP contribution in [0.5, 0.6) is 0 Å². The highest BCUT2D eigenvalue weighted by atomic mass is 32.1. The van der Waals surface area contributed by atoms with Crippen molar-refractivity contribution in [3.05, 3.63) is 35.1 Å². The molecule has 0 aliphatic carbocycles. The Balaban J connectivity index is 2.16. The van der Waals surface area contributed by atoms with E-state index in [1.165, 1.54) is 10.6 Å². The van der Waals surface area contributed by atoms with Crippen molar-refractivity contribution in [3.63, 3.8) is 0 Å². The third-order valence-corrected chi connectivity index (χ3v) is 3.78. The van der Waals surface area contributed by atoms with Crippen LogP contribution in [-0.2, 0) is 6.54 Å². The van der Waals surface area contributed by atoms with Crippen LogP contribution in [0.25, 0.3) is 4.96 Å². The number of rotatable bonds is 5. The number of nitrogens with one attached hydrogen (secondary N) is 1. The first-order valence-electron chi connectivity index (χ1n) is 5.90. The Kier molecular flexibility index (Phi) is 3.64. The van der Waals surface area contributed by atoms with Crippen molar-refractivity contribution in [1.29, 1.82) is 0 Å². The van der Waals surface area contributed by atoms with E-state index in [4.69, 9.17) is 0 Å². The quantitative estimate of drug-likeness (QED) is 0.825. The minimum absolute atomic E-state index is 0.456. The van der Waals surface area contributed by atoms with Crippen LogP contribution in [0.1, 0.15) is 29.6 Å². The van der Waals surface area contributed by atoms with E-state index in [-0.39, 0.29) is 0 Å². The van der Waals surface area contributed by atoms with Gasteiger partial charge in [0.05, 0.1) is 11.4 Å². The first-order chi connectivity index (χ1) is 8.11. The molecule has 0 fully saturated rings. The standard InChI is InChI=1S/C13H19N3S/c1-5-6-9(2)14-7-12-11(4)15-13-16(12)8-10(3)17-13/h5,8-9,14H,1,6-7H2,2-4H3. The van der Waals surface area contributed by atoms with Crippen molar-refractivity contribution in [2.24, 2.45) is 0 Å². The lowest BCUT2D eigenvalue weighted by Crippen LogP contribution is -2.25. The van der Waals surface area contributed by atoms with Gasteiger partial charge in [-0.1, -0.05) is 6.08 Å². The summed E-state index contributed by atoms with van der Waals surface area (Å²) in [6.45, 7) is 11.0. The maximum atomic E-state index is 4.58. The van der Waals surface area contributed by atoms with Crippen molar-refractivity contribution in [1.82, 2.24) is 14.7 Å². The second-order valence-corrected chi connectivity index (χ2v) is 5.66. The molecule has 0 aromatic carbocycles. The van der Waals surface area contributed by atoms with Crippen LogP contribution >= 0.6 is 11.3 Å². The van der Waals surface area contributed by atoms with Crippen molar-refractivity contribution in [3.8, 4) is 0 Å². The summed E-state index contributed by atoms with van der Waals surface area (Å²) >= 11 is 1.74. The average molecular weight is 249 g/mol. The second-order valence-electron chi connectivity index (χ2n) is 4.44. The number of aryl methyl sites for hydroxylation is 2. The SMILES string of the molecule is C=CCC(C)NCc1c(C)nc2sc(C)cn12. The third-order valence-electron chi connectivity index (χ3n) is 2.88. The minimum atomic E-state index is 0.456. The molecule has 0 aliphatic heterocycles. The largest absolute Gasteiger partial charge is 0.308 e. The molecule has 2 aromatic rings. The summed E-state index contributed by atoms with van der Waals surface area (Å²) in [6.07, 6.45) is 5.10. The Hall–Kier alpha value is -1.13. The van der Waals surface area contributed by atoms with Gasteiger partial charge < -0.3 is 5.32 Å². The monoisotopic (exact) mass is 249 g/mol. The van der Waals surface area contributed by atoms with Gasteiger partial charge >= 0.3 is 0 Å². The summed E-state index contributed by atoms with van der Waals surface area (Å²) in [4.78, 5) is 6.97. The zero-order chi connectivity index (χ0) is 12.4. The predicted molar refractivity (Wildman–Crippen MR) is 73.7 cm³/mol. The van der Waals surface area contributed by atoms with Crippen molar-refractivity contribution < 1.29 is 0 Å². The van der Waals surface area contributed by atoms with E-state index in [0.717, 1.165) is 23.6 Å². The number of thiazole rings is 1. The summed E-state index contributed by atoms with van der Waals surface area (Å²) in [5, 5.41) is 3.50. The Morgan fingerprint density at radius 1 is 1.59 bits per heavy atom. The first kappa shape index (κ1) is 12.3. The molecule has 0 amide bonds. The van der Waals surface area contributed by atoms with Gasteiger partial charge in [0, 0.05) is 23.7 Å². The van der Waals surface area contributed by atoms with Crippen molar-refractivity contribution in [2.75, 3.05) is 0 Å². The predicted octanol–water partition coefficient (Wildman–Crippen LogP) is 3.07. The molecule has 0 aliphatic rings. The van der Waals surface area contributed by atoms with Crippen LogP contribution in [0.15, 0.2) is 18.9 Å². The Morgan fingerprint density at radius 3 is 3.06 bits per heavy atom. The van der Waals surface area contributed by atoms with E-state index < -0.39 is 0 Å². The van der Waals surface area contributed by atoms with Gasteiger partial charge in [-0.05, 0) is 27.2 Å². The van der Waals surface area contributed by atoms with E-state index in [2.05, 4.69) is 48.2 Å². The topological polar surface area (TPSA) is 29.3 Å². The number of fused-ring (bicyclic) bond motifs is 1. The molecule has 0 bridgehead atoms. The molecule has 0 saturated carbocycles. The van der Waals surface area contributed by atoms with Gasteiger partial charge in [-0.3, -0.25) is 4.40 Å². The van der Waals surface area contributed by atoms with Crippen LogP contribution in [-0.4, -0.2) is 15.4 Å². The van der Waals surface area contributed by atoms with E-state index >= 15 is 0 Å². The lowest BCUT2D eigenvalue weighted by molar-refractivity contribution is 0.545. The van der Waals surface area contributed by atoms with Crippen LogP contribution in [0.2, 0.25) is 0 Å². The molecule has 0 spiro atoms.